The van der Waals surface area contributed by atoms with E-state index in [1.807, 2.05) is 60.7 Å². The first-order valence-electron chi connectivity index (χ1n) is 14.3. The van der Waals surface area contributed by atoms with E-state index in [1.165, 1.54) is 7.11 Å². The van der Waals surface area contributed by atoms with Crippen molar-refractivity contribution in [3.05, 3.63) is 83.1 Å². The molecule has 8 nitrogen and oxygen atoms in total. The van der Waals surface area contributed by atoms with Gasteiger partial charge < -0.3 is 33.2 Å². The largest absolute Gasteiger partial charge is 0.492 e. The second-order valence-corrected chi connectivity index (χ2v) is 11.5. The quantitative estimate of drug-likeness (QED) is 0.399. The molecule has 0 amide bonds. The Bertz CT molecular complexity index is 1260. The van der Waals surface area contributed by atoms with Crippen LogP contribution in [0.2, 0.25) is 0 Å². The summed E-state index contributed by atoms with van der Waals surface area (Å²) in [6, 6.07) is 19.8. The first kappa shape index (κ1) is 26.2. The minimum absolute atomic E-state index is 0.0366. The van der Waals surface area contributed by atoms with Crippen LogP contribution in [0.25, 0.3) is 0 Å². The van der Waals surface area contributed by atoms with Crippen LogP contribution in [0, 0.1) is 29.6 Å². The topological polar surface area (TPSA) is 81.7 Å². The first-order valence-corrected chi connectivity index (χ1v) is 14.3. The molecule has 3 aliphatic heterocycles. The molecule has 4 fully saturated rings. The molecule has 2 aromatic rings. The fourth-order valence-corrected chi connectivity index (χ4v) is 7.35. The summed E-state index contributed by atoms with van der Waals surface area (Å²) in [5.74, 6) is -0.978. The van der Waals surface area contributed by atoms with E-state index in [2.05, 4.69) is 13.8 Å². The van der Waals surface area contributed by atoms with E-state index < -0.39 is 18.0 Å². The summed E-state index contributed by atoms with van der Waals surface area (Å²) < 4.78 is 43.7. The second-order valence-electron chi connectivity index (χ2n) is 11.5. The van der Waals surface area contributed by atoms with E-state index in [0.717, 1.165) is 17.5 Å². The van der Waals surface area contributed by atoms with Gasteiger partial charge in [0.05, 0.1) is 38.4 Å². The molecule has 1 saturated carbocycles. The van der Waals surface area contributed by atoms with E-state index in [9.17, 15) is 4.79 Å². The average molecular weight is 549 g/mol. The molecular weight excluding hydrogens is 512 g/mol. The lowest BCUT2D eigenvalue weighted by Crippen LogP contribution is -2.59. The van der Waals surface area contributed by atoms with Gasteiger partial charge in [-0.3, -0.25) is 0 Å². The van der Waals surface area contributed by atoms with Gasteiger partial charge in [0.15, 0.2) is 12.6 Å². The Morgan fingerprint density at radius 3 is 2.40 bits per heavy atom. The molecular formula is C32H36O8. The molecule has 3 saturated heterocycles. The molecule has 10 unspecified atom stereocenters. The molecule has 5 aliphatic rings. The van der Waals surface area contributed by atoms with Gasteiger partial charge in [-0.15, -0.1) is 0 Å². The zero-order valence-corrected chi connectivity index (χ0v) is 23.1. The number of hydrogen-bond acceptors (Lipinski definition) is 8. The highest BCUT2D eigenvalue weighted by Crippen LogP contribution is 2.62. The fourth-order valence-electron chi connectivity index (χ4n) is 7.35. The number of methoxy groups -OCH3 is 1. The number of carbonyl (C=O) groups is 1. The van der Waals surface area contributed by atoms with E-state index in [0.29, 0.717) is 19.0 Å². The summed E-state index contributed by atoms with van der Waals surface area (Å²) in [5.41, 5.74) is 2.27. The number of carbonyl (C=O) groups excluding carboxylic acids is 1. The fraction of sp³-hybridized carbons (Fsp3) is 0.531. The van der Waals surface area contributed by atoms with Gasteiger partial charge in [0.25, 0.3) is 0 Å². The Labute approximate surface area is 234 Å². The SMILES string of the molecule is CCC1C(OC2C3COC4OC3C2C4C)OC2(OCc3ccccc3)C(C(=O)OC)=C(OCc3ccccc3)C12. The summed E-state index contributed by atoms with van der Waals surface area (Å²) in [6.07, 6.45) is 0.156. The number of benzene rings is 2. The Balaban J connectivity index is 1.20. The maximum absolute atomic E-state index is 13.3. The minimum Gasteiger partial charge on any atom is -0.492 e. The highest BCUT2D eigenvalue weighted by Gasteiger charge is 2.72. The van der Waals surface area contributed by atoms with Crippen LogP contribution in [-0.2, 0) is 51.2 Å². The van der Waals surface area contributed by atoms with Gasteiger partial charge in [0, 0.05) is 23.7 Å². The highest BCUT2D eigenvalue weighted by atomic mass is 16.8. The van der Waals surface area contributed by atoms with Crippen LogP contribution < -0.4 is 0 Å². The minimum atomic E-state index is -1.32. The normalized spacial score (nSPS) is 38.8. The van der Waals surface area contributed by atoms with Crippen molar-refractivity contribution in [3.8, 4) is 0 Å². The van der Waals surface area contributed by atoms with Crippen molar-refractivity contribution >= 4 is 5.97 Å². The molecule has 0 aromatic heterocycles. The van der Waals surface area contributed by atoms with Crippen molar-refractivity contribution in [2.24, 2.45) is 29.6 Å². The Hall–Kier alpha value is -2.75. The standard InChI is InChI=1S/C32H36O8/c1-4-21-24-28(35-15-19-11-7-5-8-12-19)25(29(33)34-3)32(24,37-16-20-13-9-6-10-14-20)40-31(21)39-27-22-17-36-30-18(2)23(27)26(22)38-30/h5-14,18,21-24,26-27,30-31H,4,15-17H2,1-3H3. The zero-order chi connectivity index (χ0) is 27.4. The molecule has 8 heteroatoms. The average Bonchev–Trinajstić information content (AvgIpc) is 3.29. The molecule has 10 atom stereocenters. The van der Waals surface area contributed by atoms with Gasteiger partial charge in [-0.1, -0.05) is 74.5 Å². The van der Waals surface area contributed by atoms with Crippen LogP contribution in [0.15, 0.2) is 72.0 Å². The summed E-state index contributed by atoms with van der Waals surface area (Å²) in [4.78, 5) is 13.3. The zero-order valence-electron chi connectivity index (χ0n) is 23.1. The lowest BCUT2D eigenvalue weighted by atomic mass is 9.66. The summed E-state index contributed by atoms with van der Waals surface area (Å²) in [5, 5.41) is 0. The summed E-state index contributed by atoms with van der Waals surface area (Å²) in [6.45, 7) is 5.50. The van der Waals surface area contributed by atoms with E-state index in [1.54, 1.807) is 0 Å². The van der Waals surface area contributed by atoms with Gasteiger partial charge in [0.2, 0.25) is 5.79 Å². The van der Waals surface area contributed by atoms with Gasteiger partial charge in [-0.25, -0.2) is 4.79 Å². The molecule has 0 radical (unpaired) electrons. The molecule has 3 heterocycles. The lowest BCUT2D eigenvalue weighted by molar-refractivity contribution is -0.321. The Kier molecular flexibility index (Phi) is 6.71. The van der Waals surface area contributed by atoms with Crippen molar-refractivity contribution < 1.29 is 38.0 Å². The number of hydrogen-bond donors (Lipinski definition) is 0. The van der Waals surface area contributed by atoms with Crippen molar-refractivity contribution in [1.29, 1.82) is 0 Å². The monoisotopic (exact) mass is 548 g/mol. The summed E-state index contributed by atoms with van der Waals surface area (Å²) in [7, 11) is 1.37. The van der Waals surface area contributed by atoms with Crippen molar-refractivity contribution in [3.63, 3.8) is 0 Å². The van der Waals surface area contributed by atoms with Gasteiger partial charge in [-0.2, -0.15) is 0 Å². The van der Waals surface area contributed by atoms with Crippen LogP contribution in [-0.4, -0.2) is 50.3 Å². The number of fused-ring (bicyclic) bond motifs is 2. The van der Waals surface area contributed by atoms with Crippen molar-refractivity contribution in [2.45, 2.75) is 64.1 Å². The second kappa shape index (κ2) is 10.3. The van der Waals surface area contributed by atoms with Crippen LogP contribution >= 0.6 is 0 Å². The van der Waals surface area contributed by atoms with E-state index >= 15 is 0 Å². The number of ether oxygens (including phenoxy) is 7. The third-order valence-corrected chi connectivity index (χ3v) is 9.42. The maximum Gasteiger partial charge on any atom is 0.342 e. The third kappa shape index (κ3) is 3.96. The lowest BCUT2D eigenvalue weighted by Gasteiger charge is -2.49. The van der Waals surface area contributed by atoms with Crippen molar-refractivity contribution in [2.75, 3.05) is 13.7 Å². The summed E-state index contributed by atoms with van der Waals surface area (Å²) >= 11 is 0. The van der Waals surface area contributed by atoms with Crippen LogP contribution in [0.5, 0.6) is 0 Å². The molecule has 2 aliphatic carbocycles. The molecule has 2 aromatic carbocycles. The predicted octanol–water partition coefficient (Wildman–Crippen LogP) is 4.58. The number of rotatable bonds is 10. The van der Waals surface area contributed by atoms with E-state index in [4.69, 9.17) is 33.2 Å². The molecule has 0 spiro atoms. The van der Waals surface area contributed by atoms with Gasteiger partial charge >= 0.3 is 5.97 Å². The highest BCUT2D eigenvalue weighted by molar-refractivity contribution is 5.93. The van der Waals surface area contributed by atoms with Crippen LogP contribution in [0.4, 0.5) is 0 Å². The van der Waals surface area contributed by atoms with Crippen LogP contribution in [0.1, 0.15) is 31.4 Å². The van der Waals surface area contributed by atoms with E-state index in [-0.39, 0.29) is 60.3 Å². The smallest absolute Gasteiger partial charge is 0.342 e. The first-order chi connectivity index (χ1) is 19.6. The Morgan fingerprint density at radius 2 is 1.73 bits per heavy atom. The van der Waals surface area contributed by atoms with Crippen molar-refractivity contribution in [1.82, 2.24) is 0 Å². The third-order valence-electron chi connectivity index (χ3n) is 9.42. The van der Waals surface area contributed by atoms with Gasteiger partial charge in [-0.05, 0) is 17.5 Å². The predicted molar refractivity (Wildman–Crippen MR) is 142 cm³/mol. The molecule has 40 heavy (non-hydrogen) atoms. The molecule has 212 valence electrons. The van der Waals surface area contributed by atoms with Gasteiger partial charge in [0.1, 0.15) is 17.9 Å². The molecule has 2 bridgehead atoms. The number of esters is 1. The maximum atomic E-state index is 13.3. The Morgan fingerprint density at radius 1 is 1.02 bits per heavy atom. The van der Waals surface area contributed by atoms with Crippen LogP contribution in [0.3, 0.4) is 0 Å². The molecule has 7 rings (SSSR count). The molecule has 0 N–H and O–H groups in total.